The van der Waals surface area contributed by atoms with Crippen LogP contribution in [0.2, 0.25) is 0 Å². The number of nitro groups is 1. The van der Waals surface area contributed by atoms with Gasteiger partial charge in [0.05, 0.1) is 22.6 Å². The van der Waals surface area contributed by atoms with Crippen LogP contribution < -0.4 is 4.74 Å². The second-order valence-electron chi connectivity index (χ2n) is 2.59. The molecule has 5 nitrogen and oxygen atoms in total. The lowest BCUT2D eigenvalue weighted by atomic mass is 10.2. The van der Waals surface area contributed by atoms with E-state index in [-0.39, 0.29) is 6.29 Å². The van der Waals surface area contributed by atoms with Crippen molar-refractivity contribution in [2.45, 2.75) is 6.61 Å². The molecule has 0 atom stereocenters. The summed E-state index contributed by atoms with van der Waals surface area (Å²) in [5.74, 6) is -2.16. The first-order valence-corrected chi connectivity index (χ1v) is 3.83. The van der Waals surface area contributed by atoms with Crippen molar-refractivity contribution in [1.82, 2.24) is 0 Å². The van der Waals surface area contributed by atoms with Crippen LogP contribution in [0.5, 0.6) is 5.75 Å². The minimum Gasteiger partial charge on any atom is -0.434 e. The highest BCUT2D eigenvalue weighted by molar-refractivity contribution is 5.80. The van der Waals surface area contributed by atoms with E-state index in [1.807, 2.05) is 0 Å². The summed E-state index contributed by atoms with van der Waals surface area (Å²) in [5.41, 5.74) is -1.57. The maximum atomic E-state index is 13.1. The van der Waals surface area contributed by atoms with Crippen LogP contribution in [-0.4, -0.2) is 17.8 Å². The third-order valence-corrected chi connectivity index (χ3v) is 1.62. The SMILES string of the molecule is O=Cc1c(F)cc([N+](=O)[O-])cc1OC(F)F. The lowest BCUT2D eigenvalue weighted by Crippen LogP contribution is -2.06. The largest absolute Gasteiger partial charge is 0.434 e. The third kappa shape index (κ3) is 2.47. The molecule has 86 valence electrons. The van der Waals surface area contributed by atoms with E-state index in [0.717, 1.165) is 0 Å². The maximum absolute atomic E-state index is 13.1. The molecule has 0 heterocycles. The number of hydrogen-bond donors (Lipinski definition) is 0. The third-order valence-electron chi connectivity index (χ3n) is 1.62. The van der Waals surface area contributed by atoms with Gasteiger partial charge in [-0.05, 0) is 0 Å². The van der Waals surface area contributed by atoms with Gasteiger partial charge in [0, 0.05) is 0 Å². The molecule has 16 heavy (non-hydrogen) atoms. The summed E-state index contributed by atoms with van der Waals surface area (Å²) >= 11 is 0. The zero-order chi connectivity index (χ0) is 12.3. The summed E-state index contributed by atoms with van der Waals surface area (Å²) in [4.78, 5) is 19.7. The Morgan fingerprint density at radius 2 is 2.06 bits per heavy atom. The van der Waals surface area contributed by atoms with E-state index in [0.29, 0.717) is 12.1 Å². The number of carbonyl (C=O) groups excluding carboxylic acids is 1. The van der Waals surface area contributed by atoms with E-state index in [1.54, 1.807) is 0 Å². The van der Waals surface area contributed by atoms with Gasteiger partial charge in [-0.15, -0.1) is 0 Å². The number of rotatable bonds is 4. The molecule has 0 bridgehead atoms. The highest BCUT2D eigenvalue weighted by Crippen LogP contribution is 2.27. The molecule has 0 aliphatic carbocycles. The van der Waals surface area contributed by atoms with E-state index in [9.17, 15) is 28.1 Å². The molecule has 0 amide bonds. The Morgan fingerprint density at radius 3 is 2.50 bits per heavy atom. The molecular weight excluding hydrogens is 231 g/mol. The topological polar surface area (TPSA) is 69.4 Å². The molecule has 0 unspecified atom stereocenters. The van der Waals surface area contributed by atoms with Crippen LogP contribution in [0.1, 0.15) is 10.4 Å². The fraction of sp³-hybridized carbons (Fsp3) is 0.125. The summed E-state index contributed by atoms with van der Waals surface area (Å²) in [6, 6.07) is 1.00. The van der Waals surface area contributed by atoms with Gasteiger partial charge in [-0.2, -0.15) is 8.78 Å². The number of benzene rings is 1. The lowest BCUT2D eigenvalue weighted by Gasteiger charge is -2.07. The van der Waals surface area contributed by atoms with Crippen molar-refractivity contribution >= 4 is 12.0 Å². The van der Waals surface area contributed by atoms with Crippen molar-refractivity contribution in [2.24, 2.45) is 0 Å². The van der Waals surface area contributed by atoms with Gasteiger partial charge >= 0.3 is 6.61 Å². The summed E-state index contributed by atoms with van der Waals surface area (Å²) in [6.45, 7) is -3.31. The average molecular weight is 235 g/mol. The number of carbonyl (C=O) groups is 1. The van der Waals surface area contributed by atoms with Gasteiger partial charge in [0.1, 0.15) is 11.6 Å². The van der Waals surface area contributed by atoms with Crippen LogP contribution in [0.25, 0.3) is 0 Å². The number of hydrogen-bond acceptors (Lipinski definition) is 4. The zero-order valence-electron chi connectivity index (χ0n) is 7.52. The standard InChI is InChI=1S/C8H4F3NO4/c9-6-1-4(12(14)15)2-7(5(6)3-13)16-8(10)11/h1-3,8H. The Kier molecular flexibility index (Phi) is 3.44. The minimum atomic E-state index is -3.31. The molecule has 8 heteroatoms. The van der Waals surface area contributed by atoms with Crippen molar-refractivity contribution in [3.05, 3.63) is 33.6 Å². The predicted octanol–water partition coefficient (Wildman–Crippen LogP) is 2.15. The number of nitrogens with zero attached hydrogens (tertiary/aromatic N) is 1. The van der Waals surface area contributed by atoms with Gasteiger partial charge in [0.15, 0.2) is 6.29 Å². The number of ether oxygens (including phenoxy) is 1. The summed E-state index contributed by atoms with van der Waals surface area (Å²) in [5, 5.41) is 10.3. The van der Waals surface area contributed by atoms with Crippen LogP contribution in [0, 0.1) is 15.9 Å². The maximum Gasteiger partial charge on any atom is 0.387 e. The molecule has 0 saturated heterocycles. The van der Waals surface area contributed by atoms with Crippen LogP contribution in [0.15, 0.2) is 12.1 Å². The van der Waals surface area contributed by atoms with E-state index in [4.69, 9.17) is 0 Å². The molecule has 0 aliphatic heterocycles. The normalized spacial score (nSPS) is 10.2. The fourth-order valence-corrected chi connectivity index (χ4v) is 0.992. The molecule has 1 aromatic carbocycles. The molecule has 1 aromatic rings. The van der Waals surface area contributed by atoms with E-state index < -0.39 is 34.4 Å². The zero-order valence-corrected chi connectivity index (χ0v) is 7.52. The number of nitro benzene ring substituents is 1. The Balaban J connectivity index is 3.30. The van der Waals surface area contributed by atoms with E-state index >= 15 is 0 Å². The van der Waals surface area contributed by atoms with Crippen molar-refractivity contribution in [3.8, 4) is 5.75 Å². The summed E-state index contributed by atoms with van der Waals surface area (Å²) in [6.07, 6.45) is -0.0588. The molecule has 0 fully saturated rings. The highest BCUT2D eigenvalue weighted by Gasteiger charge is 2.19. The summed E-state index contributed by atoms with van der Waals surface area (Å²) in [7, 11) is 0. The second-order valence-corrected chi connectivity index (χ2v) is 2.59. The van der Waals surface area contributed by atoms with E-state index in [2.05, 4.69) is 4.74 Å². The smallest absolute Gasteiger partial charge is 0.387 e. The van der Waals surface area contributed by atoms with Crippen molar-refractivity contribution in [1.29, 1.82) is 0 Å². The van der Waals surface area contributed by atoms with E-state index in [1.165, 1.54) is 0 Å². The van der Waals surface area contributed by atoms with Gasteiger partial charge in [0.2, 0.25) is 0 Å². The molecule has 0 radical (unpaired) electrons. The predicted molar refractivity (Wildman–Crippen MR) is 45.1 cm³/mol. The van der Waals surface area contributed by atoms with Gasteiger partial charge in [-0.3, -0.25) is 14.9 Å². The van der Waals surface area contributed by atoms with Gasteiger partial charge < -0.3 is 4.74 Å². The fourth-order valence-electron chi connectivity index (χ4n) is 0.992. The number of alkyl halides is 2. The first-order valence-electron chi connectivity index (χ1n) is 3.83. The minimum absolute atomic E-state index is 0.0588. The van der Waals surface area contributed by atoms with Crippen LogP contribution >= 0.6 is 0 Å². The Morgan fingerprint density at radius 1 is 1.44 bits per heavy atom. The first kappa shape index (κ1) is 12.0. The molecule has 0 aromatic heterocycles. The number of non-ortho nitro benzene ring substituents is 1. The molecule has 1 rings (SSSR count). The molecule has 0 N–H and O–H groups in total. The van der Waals surface area contributed by atoms with Crippen molar-refractivity contribution in [3.63, 3.8) is 0 Å². The molecule has 0 aliphatic rings. The van der Waals surface area contributed by atoms with Crippen LogP contribution in [0.4, 0.5) is 18.9 Å². The van der Waals surface area contributed by atoms with Gasteiger partial charge in [0.25, 0.3) is 5.69 Å². The molecule has 0 spiro atoms. The van der Waals surface area contributed by atoms with Crippen molar-refractivity contribution < 1.29 is 27.6 Å². The summed E-state index contributed by atoms with van der Waals surface area (Å²) < 4.78 is 40.6. The van der Waals surface area contributed by atoms with Gasteiger partial charge in [-0.1, -0.05) is 0 Å². The Labute approximate surface area is 86.6 Å². The average Bonchev–Trinajstić information content (AvgIpc) is 2.16. The van der Waals surface area contributed by atoms with Crippen LogP contribution in [0.3, 0.4) is 0 Å². The molecular formula is C8H4F3NO4. The second kappa shape index (κ2) is 4.60. The van der Waals surface area contributed by atoms with Crippen LogP contribution in [-0.2, 0) is 0 Å². The lowest BCUT2D eigenvalue weighted by molar-refractivity contribution is -0.385. The number of halogens is 3. The van der Waals surface area contributed by atoms with Crippen molar-refractivity contribution in [2.75, 3.05) is 0 Å². The van der Waals surface area contributed by atoms with Gasteiger partial charge in [-0.25, -0.2) is 4.39 Å². The highest BCUT2D eigenvalue weighted by atomic mass is 19.3. The quantitative estimate of drug-likeness (QED) is 0.455. The first-order chi connectivity index (χ1) is 7.45. The monoisotopic (exact) mass is 235 g/mol. The Hall–Kier alpha value is -2.12. The number of aldehydes is 1. The molecule has 0 saturated carbocycles. The Bertz CT molecular complexity index is 436.